The molecule has 3 amide bonds. The van der Waals surface area contributed by atoms with Crippen LogP contribution in [0.5, 0.6) is 5.75 Å². The standard InChI is InChI=1S/C19H25N5O4S/c1-12(2)9-18-23-24-19(29-18)20-15(25)7-8-16(26)21-22-17(27)11-28-14-6-4-5-13(3)10-14/h4-6,10,12H,7-9,11H2,1-3H3,(H,21,26)(H,22,27)(H,20,24,25). The second-order valence-electron chi connectivity index (χ2n) is 6.85. The first-order valence-corrected chi connectivity index (χ1v) is 10.0. The lowest BCUT2D eigenvalue weighted by Crippen LogP contribution is -2.44. The number of carbonyl (C=O) groups excluding carboxylic acids is 3. The van der Waals surface area contributed by atoms with Crippen LogP contribution in [0.3, 0.4) is 0 Å². The van der Waals surface area contributed by atoms with Gasteiger partial charge in [-0.15, -0.1) is 10.2 Å². The van der Waals surface area contributed by atoms with E-state index in [0.717, 1.165) is 17.0 Å². The maximum Gasteiger partial charge on any atom is 0.276 e. The lowest BCUT2D eigenvalue weighted by Gasteiger charge is -2.09. The highest BCUT2D eigenvalue weighted by molar-refractivity contribution is 7.15. The van der Waals surface area contributed by atoms with Crippen molar-refractivity contribution in [2.75, 3.05) is 11.9 Å². The lowest BCUT2D eigenvalue weighted by molar-refractivity contribution is -0.130. The largest absolute Gasteiger partial charge is 0.484 e. The van der Waals surface area contributed by atoms with Crippen molar-refractivity contribution in [2.45, 2.75) is 40.0 Å². The number of nitrogens with one attached hydrogen (secondary N) is 3. The van der Waals surface area contributed by atoms with E-state index in [1.807, 2.05) is 19.1 Å². The monoisotopic (exact) mass is 419 g/mol. The molecule has 0 saturated heterocycles. The van der Waals surface area contributed by atoms with Crippen molar-refractivity contribution in [2.24, 2.45) is 5.92 Å². The molecule has 1 heterocycles. The third-order valence-electron chi connectivity index (χ3n) is 3.58. The van der Waals surface area contributed by atoms with Gasteiger partial charge in [-0.3, -0.25) is 25.2 Å². The number of hydrogen-bond donors (Lipinski definition) is 3. The Morgan fingerprint density at radius 1 is 1.07 bits per heavy atom. The second kappa shape index (κ2) is 11.1. The molecule has 10 heteroatoms. The number of aromatic nitrogens is 2. The fourth-order valence-corrected chi connectivity index (χ4v) is 3.20. The molecule has 0 aliphatic rings. The number of anilines is 1. The number of nitrogens with zero attached hydrogens (tertiary/aromatic N) is 2. The highest BCUT2D eigenvalue weighted by Gasteiger charge is 2.12. The van der Waals surface area contributed by atoms with Crippen molar-refractivity contribution in [1.82, 2.24) is 21.0 Å². The zero-order valence-corrected chi connectivity index (χ0v) is 17.5. The fourth-order valence-electron chi connectivity index (χ4n) is 2.24. The minimum absolute atomic E-state index is 0.0411. The Balaban J connectivity index is 1.62. The molecule has 0 spiro atoms. The number of hydrazine groups is 1. The zero-order chi connectivity index (χ0) is 21.2. The Labute approximate surface area is 173 Å². The first-order valence-electron chi connectivity index (χ1n) is 9.21. The summed E-state index contributed by atoms with van der Waals surface area (Å²) in [6.45, 7) is 5.83. The van der Waals surface area contributed by atoms with Gasteiger partial charge in [0.1, 0.15) is 10.8 Å². The van der Waals surface area contributed by atoms with E-state index in [-0.39, 0.29) is 25.4 Å². The summed E-state index contributed by atoms with van der Waals surface area (Å²) in [5.41, 5.74) is 5.51. The Morgan fingerprint density at radius 2 is 1.79 bits per heavy atom. The molecular formula is C19H25N5O4S. The Bertz CT molecular complexity index is 853. The molecule has 0 unspecified atom stereocenters. The van der Waals surface area contributed by atoms with Gasteiger partial charge in [-0.05, 0) is 30.5 Å². The summed E-state index contributed by atoms with van der Waals surface area (Å²) in [6, 6.07) is 7.27. The van der Waals surface area contributed by atoms with Crippen molar-refractivity contribution in [3.05, 3.63) is 34.8 Å². The summed E-state index contributed by atoms with van der Waals surface area (Å²) < 4.78 is 5.33. The number of aryl methyl sites for hydroxylation is 1. The van der Waals surface area contributed by atoms with Gasteiger partial charge in [0.15, 0.2) is 6.61 Å². The average molecular weight is 420 g/mol. The van der Waals surface area contributed by atoms with Gasteiger partial charge in [-0.2, -0.15) is 0 Å². The predicted molar refractivity (Wildman–Crippen MR) is 109 cm³/mol. The third-order valence-corrected chi connectivity index (χ3v) is 4.44. The van der Waals surface area contributed by atoms with Gasteiger partial charge in [0, 0.05) is 19.3 Å². The van der Waals surface area contributed by atoms with Crippen LogP contribution in [-0.2, 0) is 20.8 Å². The maximum absolute atomic E-state index is 11.9. The van der Waals surface area contributed by atoms with Crippen LogP contribution in [0, 0.1) is 12.8 Å². The molecule has 0 atom stereocenters. The number of ether oxygens (including phenoxy) is 1. The molecule has 0 fully saturated rings. The molecule has 0 bridgehead atoms. The number of rotatable bonds is 9. The van der Waals surface area contributed by atoms with Gasteiger partial charge < -0.3 is 10.1 Å². The number of hydrogen-bond acceptors (Lipinski definition) is 7. The molecule has 0 saturated carbocycles. The predicted octanol–water partition coefficient (Wildman–Crippen LogP) is 1.99. The van der Waals surface area contributed by atoms with Gasteiger partial charge in [0.2, 0.25) is 16.9 Å². The summed E-state index contributed by atoms with van der Waals surface area (Å²) >= 11 is 1.32. The Kier molecular flexibility index (Phi) is 8.53. The normalized spacial score (nSPS) is 10.5. The van der Waals surface area contributed by atoms with E-state index in [1.165, 1.54) is 11.3 Å². The van der Waals surface area contributed by atoms with Crippen LogP contribution in [0.1, 0.15) is 37.3 Å². The lowest BCUT2D eigenvalue weighted by atomic mass is 10.1. The SMILES string of the molecule is Cc1cccc(OCC(=O)NNC(=O)CCC(=O)Nc2nnc(CC(C)C)s2)c1. The molecule has 0 aliphatic carbocycles. The summed E-state index contributed by atoms with van der Waals surface area (Å²) in [5, 5.41) is 11.8. The molecule has 29 heavy (non-hydrogen) atoms. The highest BCUT2D eigenvalue weighted by Crippen LogP contribution is 2.18. The quantitative estimate of drug-likeness (QED) is 0.534. The van der Waals surface area contributed by atoms with Crippen LogP contribution in [0.25, 0.3) is 0 Å². The van der Waals surface area contributed by atoms with Crippen LogP contribution in [-0.4, -0.2) is 34.5 Å². The molecule has 1 aromatic heterocycles. The minimum Gasteiger partial charge on any atom is -0.484 e. The van der Waals surface area contributed by atoms with Gasteiger partial charge in [0.05, 0.1) is 0 Å². The van der Waals surface area contributed by atoms with Gasteiger partial charge in [-0.25, -0.2) is 0 Å². The summed E-state index contributed by atoms with van der Waals surface area (Å²) in [7, 11) is 0. The van der Waals surface area contributed by atoms with Crippen molar-refractivity contribution in [3.8, 4) is 5.75 Å². The van der Waals surface area contributed by atoms with E-state index in [1.54, 1.807) is 12.1 Å². The molecule has 3 N–H and O–H groups in total. The molecule has 2 aromatic rings. The molecule has 1 aromatic carbocycles. The average Bonchev–Trinajstić information content (AvgIpc) is 3.09. The van der Waals surface area contributed by atoms with E-state index >= 15 is 0 Å². The highest BCUT2D eigenvalue weighted by atomic mass is 32.1. The van der Waals surface area contributed by atoms with E-state index in [4.69, 9.17) is 4.74 Å². The minimum atomic E-state index is -0.504. The van der Waals surface area contributed by atoms with E-state index in [0.29, 0.717) is 16.8 Å². The summed E-state index contributed by atoms with van der Waals surface area (Å²) in [4.78, 5) is 35.4. The van der Waals surface area contributed by atoms with Gasteiger partial charge >= 0.3 is 0 Å². The van der Waals surface area contributed by atoms with Gasteiger partial charge in [-0.1, -0.05) is 37.3 Å². The topological polar surface area (TPSA) is 122 Å². The Morgan fingerprint density at radius 3 is 2.52 bits per heavy atom. The Hall–Kier alpha value is -3.01. The molecule has 2 rings (SSSR count). The fraction of sp³-hybridized carbons (Fsp3) is 0.421. The number of carbonyl (C=O) groups is 3. The summed E-state index contributed by atoms with van der Waals surface area (Å²) in [5.74, 6) is -0.317. The van der Waals surface area contributed by atoms with Crippen molar-refractivity contribution in [1.29, 1.82) is 0 Å². The van der Waals surface area contributed by atoms with Crippen molar-refractivity contribution < 1.29 is 19.1 Å². The number of benzene rings is 1. The smallest absolute Gasteiger partial charge is 0.276 e. The van der Waals surface area contributed by atoms with E-state index in [9.17, 15) is 14.4 Å². The van der Waals surface area contributed by atoms with Crippen LogP contribution in [0.4, 0.5) is 5.13 Å². The molecule has 156 valence electrons. The first-order chi connectivity index (χ1) is 13.8. The van der Waals surface area contributed by atoms with Crippen LogP contribution in [0.15, 0.2) is 24.3 Å². The van der Waals surface area contributed by atoms with E-state index < -0.39 is 11.8 Å². The summed E-state index contributed by atoms with van der Waals surface area (Å²) in [6.07, 6.45) is 0.673. The van der Waals surface area contributed by atoms with Crippen LogP contribution in [0.2, 0.25) is 0 Å². The zero-order valence-electron chi connectivity index (χ0n) is 16.7. The molecule has 9 nitrogen and oxygen atoms in total. The first kappa shape index (κ1) is 22.3. The van der Waals surface area contributed by atoms with E-state index in [2.05, 4.69) is 40.2 Å². The molecular weight excluding hydrogens is 394 g/mol. The maximum atomic E-state index is 11.9. The van der Waals surface area contributed by atoms with Gasteiger partial charge in [0.25, 0.3) is 5.91 Å². The second-order valence-corrected chi connectivity index (χ2v) is 7.91. The van der Waals surface area contributed by atoms with Crippen LogP contribution < -0.4 is 20.9 Å². The molecule has 0 radical (unpaired) electrons. The third kappa shape index (κ3) is 8.69. The van der Waals surface area contributed by atoms with Crippen LogP contribution >= 0.6 is 11.3 Å². The van der Waals surface area contributed by atoms with Crippen molar-refractivity contribution >= 4 is 34.2 Å². The number of amides is 3. The van der Waals surface area contributed by atoms with Crippen molar-refractivity contribution in [3.63, 3.8) is 0 Å². The molecule has 0 aliphatic heterocycles.